The molecule has 0 aliphatic carbocycles. The number of aromatic amines is 1. The molecule has 1 aromatic heterocycles. The van der Waals surface area contributed by atoms with Crippen LogP contribution in [0.15, 0.2) is 36.4 Å². The second kappa shape index (κ2) is 4.65. The van der Waals surface area contributed by atoms with Crippen molar-refractivity contribution in [1.82, 2.24) is 4.98 Å². The van der Waals surface area contributed by atoms with Crippen LogP contribution in [0.25, 0.3) is 11.3 Å². The first-order valence-corrected chi connectivity index (χ1v) is 5.08. The topological polar surface area (TPSA) is 59.2 Å². The van der Waals surface area contributed by atoms with Crippen molar-refractivity contribution in [3.8, 4) is 11.3 Å². The van der Waals surface area contributed by atoms with Crippen molar-refractivity contribution in [3.63, 3.8) is 0 Å². The van der Waals surface area contributed by atoms with Gasteiger partial charge < -0.3 is 9.72 Å². The van der Waals surface area contributed by atoms with E-state index in [9.17, 15) is 9.59 Å². The number of esters is 1. The average Bonchev–Trinajstić information content (AvgIpc) is 2.83. The third kappa shape index (κ3) is 2.10. The first-order chi connectivity index (χ1) is 8.26. The average molecular weight is 229 g/mol. The summed E-state index contributed by atoms with van der Waals surface area (Å²) < 4.78 is 4.60. The second-order valence-corrected chi connectivity index (χ2v) is 3.49. The van der Waals surface area contributed by atoms with Crippen LogP contribution in [0.3, 0.4) is 0 Å². The molecule has 1 heterocycles. The molecular weight excluding hydrogens is 218 g/mol. The Balaban J connectivity index is 2.48. The number of carbonyl (C=O) groups excluding carboxylic acids is 2. The van der Waals surface area contributed by atoms with Crippen LogP contribution in [0.2, 0.25) is 0 Å². The highest BCUT2D eigenvalue weighted by Gasteiger charge is 2.15. The zero-order valence-corrected chi connectivity index (χ0v) is 9.27. The molecule has 0 atom stereocenters. The molecule has 0 saturated carbocycles. The highest BCUT2D eigenvalue weighted by atomic mass is 16.5. The van der Waals surface area contributed by atoms with E-state index < -0.39 is 5.97 Å². The van der Waals surface area contributed by atoms with E-state index in [1.54, 1.807) is 6.07 Å². The summed E-state index contributed by atoms with van der Waals surface area (Å²) in [4.78, 5) is 25.2. The standard InChI is InChI=1S/C13H11NO3/c1-17-13(16)12-10(8-15)7-11(14-12)9-5-3-2-4-6-9/h2-8,14H,1H3. The van der Waals surface area contributed by atoms with Gasteiger partial charge in [0.1, 0.15) is 5.69 Å². The van der Waals surface area contributed by atoms with E-state index in [0.717, 1.165) is 5.56 Å². The van der Waals surface area contributed by atoms with Gasteiger partial charge in [-0.1, -0.05) is 30.3 Å². The molecule has 0 spiro atoms. The maximum atomic E-state index is 11.4. The Morgan fingerprint density at radius 3 is 2.59 bits per heavy atom. The molecule has 4 nitrogen and oxygen atoms in total. The van der Waals surface area contributed by atoms with Gasteiger partial charge >= 0.3 is 5.97 Å². The molecule has 1 aromatic carbocycles. The maximum Gasteiger partial charge on any atom is 0.355 e. The number of carbonyl (C=O) groups is 2. The van der Waals surface area contributed by atoms with Crippen LogP contribution in [-0.4, -0.2) is 24.3 Å². The highest BCUT2D eigenvalue weighted by molar-refractivity contribution is 5.98. The van der Waals surface area contributed by atoms with E-state index in [1.807, 2.05) is 30.3 Å². The number of nitrogens with one attached hydrogen (secondary N) is 1. The van der Waals surface area contributed by atoms with Crippen LogP contribution in [0, 0.1) is 0 Å². The van der Waals surface area contributed by atoms with Gasteiger partial charge in [-0.05, 0) is 11.6 Å². The quantitative estimate of drug-likeness (QED) is 0.648. The molecule has 0 saturated heterocycles. The minimum atomic E-state index is -0.547. The fraction of sp³-hybridized carbons (Fsp3) is 0.0769. The van der Waals surface area contributed by atoms with E-state index in [-0.39, 0.29) is 5.69 Å². The lowest BCUT2D eigenvalue weighted by Gasteiger charge is -1.97. The van der Waals surface area contributed by atoms with Crippen LogP contribution >= 0.6 is 0 Å². The van der Waals surface area contributed by atoms with E-state index in [0.29, 0.717) is 17.5 Å². The fourth-order valence-corrected chi connectivity index (χ4v) is 1.61. The number of rotatable bonds is 3. The number of H-pyrrole nitrogens is 1. The van der Waals surface area contributed by atoms with Crippen molar-refractivity contribution in [3.05, 3.63) is 47.7 Å². The summed E-state index contributed by atoms with van der Waals surface area (Å²) in [5.74, 6) is -0.547. The summed E-state index contributed by atoms with van der Waals surface area (Å²) in [6, 6.07) is 11.1. The van der Waals surface area contributed by atoms with Crippen molar-refractivity contribution in [1.29, 1.82) is 0 Å². The molecule has 0 radical (unpaired) electrons. The van der Waals surface area contributed by atoms with Gasteiger partial charge in [0.2, 0.25) is 0 Å². The predicted octanol–water partition coefficient (Wildman–Crippen LogP) is 2.28. The SMILES string of the molecule is COC(=O)c1[nH]c(-c2ccccc2)cc1C=O. The molecule has 0 aliphatic rings. The first kappa shape index (κ1) is 11.1. The van der Waals surface area contributed by atoms with Crippen LogP contribution < -0.4 is 0 Å². The number of hydrogen-bond acceptors (Lipinski definition) is 3. The van der Waals surface area contributed by atoms with Crippen molar-refractivity contribution in [2.45, 2.75) is 0 Å². The molecule has 4 heteroatoms. The van der Waals surface area contributed by atoms with Gasteiger partial charge in [0.25, 0.3) is 0 Å². The van der Waals surface area contributed by atoms with Gasteiger partial charge in [-0.15, -0.1) is 0 Å². The minimum Gasteiger partial charge on any atom is -0.464 e. The summed E-state index contributed by atoms with van der Waals surface area (Å²) in [5.41, 5.74) is 2.11. The number of methoxy groups -OCH3 is 1. The minimum absolute atomic E-state index is 0.182. The number of benzene rings is 1. The van der Waals surface area contributed by atoms with Gasteiger partial charge in [-0.3, -0.25) is 4.79 Å². The fourth-order valence-electron chi connectivity index (χ4n) is 1.61. The lowest BCUT2D eigenvalue weighted by atomic mass is 10.1. The Bertz CT molecular complexity index is 543. The molecule has 0 fully saturated rings. The number of ether oxygens (including phenoxy) is 1. The van der Waals surface area contributed by atoms with Crippen molar-refractivity contribution >= 4 is 12.3 Å². The summed E-state index contributed by atoms with van der Waals surface area (Å²) >= 11 is 0. The lowest BCUT2D eigenvalue weighted by Crippen LogP contribution is -2.04. The van der Waals surface area contributed by atoms with Gasteiger partial charge in [-0.25, -0.2) is 4.79 Å². The predicted molar refractivity (Wildman–Crippen MR) is 63.0 cm³/mol. The van der Waals surface area contributed by atoms with E-state index in [1.165, 1.54) is 7.11 Å². The van der Waals surface area contributed by atoms with Crippen molar-refractivity contribution < 1.29 is 14.3 Å². The number of aromatic nitrogens is 1. The summed E-state index contributed by atoms with van der Waals surface area (Å²) in [6.45, 7) is 0. The molecule has 0 unspecified atom stereocenters. The molecular formula is C13H11NO3. The van der Waals surface area contributed by atoms with Gasteiger partial charge in [0.05, 0.1) is 7.11 Å². The Labute approximate surface area is 98.2 Å². The van der Waals surface area contributed by atoms with Crippen LogP contribution in [-0.2, 0) is 4.74 Å². The van der Waals surface area contributed by atoms with Crippen molar-refractivity contribution in [2.75, 3.05) is 7.11 Å². The van der Waals surface area contributed by atoms with E-state index >= 15 is 0 Å². The third-order valence-corrected chi connectivity index (χ3v) is 2.45. The summed E-state index contributed by atoms with van der Waals surface area (Å²) in [5, 5.41) is 0. The zero-order chi connectivity index (χ0) is 12.3. The first-order valence-electron chi connectivity index (χ1n) is 5.08. The van der Waals surface area contributed by atoms with Crippen LogP contribution in [0.5, 0.6) is 0 Å². The molecule has 2 rings (SSSR count). The smallest absolute Gasteiger partial charge is 0.355 e. The Morgan fingerprint density at radius 1 is 1.29 bits per heavy atom. The summed E-state index contributed by atoms with van der Waals surface area (Å²) in [7, 11) is 1.28. The largest absolute Gasteiger partial charge is 0.464 e. The van der Waals surface area contributed by atoms with Gasteiger partial charge in [0.15, 0.2) is 6.29 Å². The third-order valence-electron chi connectivity index (χ3n) is 2.45. The maximum absolute atomic E-state index is 11.4. The molecule has 0 aliphatic heterocycles. The zero-order valence-electron chi connectivity index (χ0n) is 9.27. The van der Waals surface area contributed by atoms with Crippen LogP contribution in [0.4, 0.5) is 0 Å². The molecule has 0 amide bonds. The Kier molecular flexibility index (Phi) is 3.05. The molecule has 0 bridgehead atoms. The van der Waals surface area contributed by atoms with Crippen LogP contribution in [0.1, 0.15) is 20.8 Å². The van der Waals surface area contributed by atoms with Gasteiger partial charge in [0, 0.05) is 11.3 Å². The lowest BCUT2D eigenvalue weighted by molar-refractivity contribution is 0.0592. The Morgan fingerprint density at radius 2 is 2.00 bits per heavy atom. The summed E-state index contributed by atoms with van der Waals surface area (Å²) in [6.07, 6.45) is 0.634. The van der Waals surface area contributed by atoms with E-state index in [4.69, 9.17) is 0 Å². The number of aldehydes is 1. The molecule has 17 heavy (non-hydrogen) atoms. The Hall–Kier alpha value is -2.36. The molecule has 1 N–H and O–H groups in total. The molecule has 2 aromatic rings. The monoisotopic (exact) mass is 229 g/mol. The second-order valence-electron chi connectivity index (χ2n) is 3.49. The normalized spacial score (nSPS) is 9.94. The number of hydrogen-bond donors (Lipinski definition) is 1. The van der Waals surface area contributed by atoms with Gasteiger partial charge in [-0.2, -0.15) is 0 Å². The van der Waals surface area contributed by atoms with E-state index in [2.05, 4.69) is 9.72 Å². The highest BCUT2D eigenvalue weighted by Crippen LogP contribution is 2.21. The molecule has 86 valence electrons. The van der Waals surface area contributed by atoms with Crippen molar-refractivity contribution in [2.24, 2.45) is 0 Å².